The summed E-state index contributed by atoms with van der Waals surface area (Å²) in [4.78, 5) is 17.0. The quantitative estimate of drug-likeness (QED) is 0.187. The maximum Gasteiger partial charge on any atom is 1.00 e. The first-order valence-electron chi connectivity index (χ1n) is 14.3. The van der Waals surface area contributed by atoms with E-state index in [1.54, 1.807) is 0 Å². The Kier molecular flexibility index (Phi) is 14.2. The first-order valence-corrected chi connectivity index (χ1v) is 14.3. The molecule has 8 bridgehead atoms. The predicted octanol–water partition coefficient (Wildman–Crippen LogP) is -13.4. The van der Waals surface area contributed by atoms with Crippen LogP contribution in [0.5, 0.6) is 0 Å². The Balaban J connectivity index is 0.00000162. The Morgan fingerprint density at radius 3 is 0.559 bits per heavy atom. The van der Waals surface area contributed by atoms with Crippen molar-refractivity contribution in [3.05, 3.63) is 0 Å². The van der Waals surface area contributed by atoms with E-state index < -0.39 is 0 Å². The number of quaternary nitrogens is 6. The Hall–Kier alpha value is 1.68. The largest absolute Gasteiger partial charge is 1.00 e. The molecule has 8 nitrogen and oxygen atoms in total. The maximum absolute atomic E-state index is 2.87. The fourth-order valence-electron chi connectivity index (χ4n) is 6.94. The Morgan fingerprint density at radius 1 is 0.265 bits per heavy atom. The monoisotopic (exact) mass is 500 g/mol. The second-order valence-corrected chi connectivity index (χ2v) is 11.7. The summed E-state index contributed by atoms with van der Waals surface area (Å²) < 4.78 is 0. The van der Waals surface area contributed by atoms with Gasteiger partial charge in [-0.2, -0.15) is 0 Å². The summed E-state index contributed by atoms with van der Waals surface area (Å²) in [6.45, 7) is 33.0. The Bertz CT molecular complexity index is 425. The van der Waals surface area contributed by atoms with Crippen LogP contribution in [0.1, 0.15) is 0 Å². The Labute approximate surface area is 253 Å². The molecule has 0 amide bonds. The third kappa shape index (κ3) is 9.45. The number of hydrogen-bond acceptors (Lipinski definition) is 2. The van der Waals surface area contributed by atoms with Crippen LogP contribution in [0.15, 0.2) is 0 Å². The van der Waals surface area contributed by atoms with E-state index in [4.69, 9.17) is 0 Å². The van der Waals surface area contributed by atoms with E-state index >= 15 is 0 Å². The molecule has 15 heterocycles. The van der Waals surface area contributed by atoms with Crippen LogP contribution in [0.25, 0.3) is 0 Å². The van der Waals surface area contributed by atoms with Gasteiger partial charge in [0.05, 0.1) is 39.3 Å². The standard InChI is InChI=1S/C24H48N8.2Na/c1-2-26-4-3-25(1)13-19-31-21-15-27-5-9-29(10-6-27)17-23-32(20-14-26)24-18-30-11-7-28(8-12-30)16-22-31;;/h1-24H2;;/q;;+1/p+6. The van der Waals surface area contributed by atoms with Gasteiger partial charge in [-0.05, 0) is 0 Å². The van der Waals surface area contributed by atoms with Crippen LogP contribution in [0, 0.1) is 0 Å². The van der Waals surface area contributed by atoms with Gasteiger partial charge >= 0.3 is 29.6 Å². The molecule has 0 aromatic heterocycles. The molecular formula is C24H54N8Na2+7. The minimum Gasteiger partial charge on any atom is -0.325 e. The van der Waals surface area contributed by atoms with Crippen molar-refractivity contribution in [1.29, 1.82) is 0 Å². The number of piperazine rings is 3. The summed E-state index contributed by atoms with van der Waals surface area (Å²) in [6, 6.07) is 0. The molecule has 0 atom stereocenters. The fraction of sp³-hybridized carbons (Fsp3) is 1.00. The van der Waals surface area contributed by atoms with E-state index in [1.165, 1.54) is 157 Å². The van der Waals surface area contributed by atoms with Gasteiger partial charge in [0.2, 0.25) is 0 Å². The number of hydrogen-bond donors (Lipinski definition) is 6. The zero-order chi connectivity index (χ0) is 21.6. The molecule has 0 aromatic carbocycles. The van der Waals surface area contributed by atoms with Crippen molar-refractivity contribution in [2.75, 3.05) is 157 Å². The van der Waals surface area contributed by atoms with E-state index in [2.05, 4.69) is 9.80 Å². The van der Waals surface area contributed by atoms with Gasteiger partial charge < -0.3 is 29.4 Å². The third-order valence-electron chi connectivity index (χ3n) is 9.68. The van der Waals surface area contributed by atoms with Crippen LogP contribution in [0.2, 0.25) is 0 Å². The number of nitrogens with zero attached hydrogens (tertiary/aromatic N) is 2. The molecule has 15 aliphatic rings. The predicted molar refractivity (Wildman–Crippen MR) is 132 cm³/mol. The van der Waals surface area contributed by atoms with E-state index in [1.807, 2.05) is 29.4 Å². The summed E-state index contributed by atoms with van der Waals surface area (Å²) in [5.41, 5.74) is 0. The van der Waals surface area contributed by atoms with Crippen LogP contribution in [0.3, 0.4) is 0 Å². The molecule has 6 N–H and O–H groups in total. The zero-order valence-corrected chi connectivity index (χ0v) is 26.9. The molecule has 0 aromatic rings. The van der Waals surface area contributed by atoms with Gasteiger partial charge in [-0.1, -0.05) is 0 Å². The van der Waals surface area contributed by atoms with Crippen LogP contribution in [0.4, 0.5) is 0 Å². The smallest absolute Gasteiger partial charge is 0.325 e. The molecule has 15 rings (SSSR count). The number of rotatable bonds is 0. The third-order valence-corrected chi connectivity index (χ3v) is 9.68. The molecule has 15 saturated heterocycles. The molecular weight excluding hydrogens is 446 g/mol. The minimum absolute atomic E-state index is 0. The van der Waals surface area contributed by atoms with Crippen LogP contribution >= 0.6 is 0 Å². The molecule has 10 heteroatoms. The second-order valence-electron chi connectivity index (χ2n) is 11.7. The topological polar surface area (TPSA) is 33.1 Å². The molecule has 15 aliphatic heterocycles. The van der Waals surface area contributed by atoms with Gasteiger partial charge in [-0.25, -0.2) is 0 Å². The van der Waals surface area contributed by atoms with E-state index in [9.17, 15) is 0 Å². The van der Waals surface area contributed by atoms with Crippen molar-refractivity contribution < 1.29 is 59.0 Å². The van der Waals surface area contributed by atoms with Gasteiger partial charge in [0, 0.05) is 68.8 Å². The van der Waals surface area contributed by atoms with Gasteiger partial charge in [0.15, 0.2) is 0 Å². The first kappa shape index (κ1) is 30.2. The van der Waals surface area contributed by atoms with Gasteiger partial charge in [-0.3, -0.25) is 9.80 Å². The molecule has 0 spiro atoms. The van der Waals surface area contributed by atoms with Crippen molar-refractivity contribution in [3.63, 3.8) is 0 Å². The zero-order valence-electron chi connectivity index (χ0n) is 22.9. The van der Waals surface area contributed by atoms with Crippen molar-refractivity contribution in [2.45, 2.75) is 0 Å². The van der Waals surface area contributed by atoms with Crippen LogP contribution in [-0.2, 0) is 0 Å². The van der Waals surface area contributed by atoms with Gasteiger partial charge in [-0.15, -0.1) is 0 Å². The van der Waals surface area contributed by atoms with Gasteiger partial charge in [0.1, 0.15) is 78.5 Å². The number of nitrogens with one attached hydrogen (secondary N) is 6. The fourth-order valence-corrected chi connectivity index (χ4v) is 6.94. The molecule has 0 unspecified atom stereocenters. The summed E-state index contributed by atoms with van der Waals surface area (Å²) in [7, 11) is 0. The summed E-state index contributed by atoms with van der Waals surface area (Å²) in [5, 5.41) is 0. The minimum atomic E-state index is 0. The van der Waals surface area contributed by atoms with Crippen molar-refractivity contribution in [2.24, 2.45) is 0 Å². The summed E-state index contributed by atoms with van der Waals surface area (Å²) in [5.74, 6) is 0. The van der Waals surface area contributed by atoms with E-state index in [0.29, 0.717) is 0 Å². The summed E-state index contributed by atoms with van der Waals surface area (Å²) >= 11 is 0. The average molecular weight is 501 g/mol. The van der Waals surface area contributed by atoms with Crippen molar-refractivity contribution in [3.8, 4) is 0 Å². The molecule has 0 saturated carbocycles. The molecule has 1 radical (unpaired) electrons. The van der Waals surface area contributed by atoms with Crippen LogP contribution in [-0.4, -0.2) is 196 Å². The van der Waals surface area contributed by atoms with E-state index in [0.717, 1.165) is 0 Å². The molecule has 0 aliphatic carbocycles. The first-order chi connectivity index (χ1) is 15.8. The van der Waals surface area contributed by atoms with Crippen LogP contribution < -0.4 is 59.0 Å². The average Bonchev–Trinajstić information content (AvgIpc) is 2.84. The Morgan fingerprint density at radius 2 is 0.412 bits per heavy atom. The van der Waals surface area contributed by atoms with Gasteiger partial charge in [0.25, 0.3) is 0 Å². The maximum atomic E-state index is 2.87. The van der Waals surface area contributed by atoms with E-state index in [-0.39, 0.29) is 59.1 Å². The molecule has 34 heavy (non-hydrogen) atoms. The van der Waals surface area contributed by atoms with Crippen molar-refractivity contribution >= 4 is 29.6 Å². The normalized spacial score (nSPS) is 42.4. The SMILES string of the molecule is C1C[NH+]2CC[NH+](CCN3CC[NH+]4CC[NH+](CCN1CC[NH+]1CC[NH+](CC3)CC1)CC4)CC2.[Na+].[Na]. The summed E-state index contributed by atoms with van der Waals surface area (Å²) in [6.07, 6.45) is 0. The second kappa shape index (κ2) is 15.9. The molecule has 15 fully saturated rings. The van der Waals surface area contributed by atoms with Crippen molar-refractivity contribution in [1.82, 2.24) is 9.80 Å². The molecule has 185 valence electrons.